The highest BCUT2D eigenvalue weighted by molar-refractivity contribution is 5.94. The molecular weight excluding hydrogens is 398 g/mol. The number of benzene rings is 1. The number of rotatable bonds is 1. The summed E-state index contributed by atoms with van der Waals surface area (Å²) in [7, 11) is 3.65. The van der Waals surface area contributed by atoms with Crippen LogP contribution in [0.25, 0.3) is 16.7 Å². The number of nitrogens with zero attached hydrogens (tertiary/aromatic N) is 6. The van der Waals surface area contributed by atoms with Crippen LogP contribution in [0.3, 0.4) is 0 Å². The molecule has 2 atom stereocenters. The van der Waals surface area contributed by atoms with Crippen LogP contribution in [0.2, 0.25) is 0 Å². The Labute approximate surface area is 177 Å². The molecular formula is C20H23N9O2. The topological polar surface area (TPSA) is 123 Å². The highest BCUT2D eigenvalue weighted by atomic mass is 16.5. The SMILES string of the molecule is CNc1cc2nn3c(cnc13)C(=O)N[C@H](C)C(C)OCc1cc(c3nnn(C)c3c1)N2. The molecule has 1 aliphatic heterocycles. The van der Waals surface area contributed by atoms with Gasteiger partial charge in [-0.1, -0.05) is 5.21 Å². The Kier molecular flexibility index (Phi) is 4.47. The van der Waals surface area contributed by atoms with Crippen LogP contribution in [0, 0.1) is 0 Å². The molecule has 0 saturated carbocycles. The monoisotopic (exact) mass is 421 g/mol. The first-order valence-corrected chi connectivity index (χ1v) is 10.0. The minimum absolute atomic E-state index is 0.209. The second kappa shape index (κ2) is 7.20. The van der Waals surface area contributed by atoms with E-state index in [0.29, 0.717) is 23.8 Å². The number of carbonyl (C=O) groups is 1. The van der Waals surface area contributed by atoms with Crippen LogP contribution in [0.4, 0.5) is 17.2 Å². The molecule has 3 aromatic heterocycles. The summed E-state index contributed by atoms with van der Waals surface area (Å²) in [6.45, 7) is 4.23. The van der Waals surface area contributed by atoms with Crippen molar-refractivity contribution in [2.24, 2.45) is 7.05 Å². The molecule has 0 aliphatic carbocycles. The lowest BCUT2D eigenvalue weighted by atomic mass is 10.1. The van der Waals surface area contributed by atoms with E-state index >= 15 is 0 Å². The van der Waals surface area contributed by atoms with Gasteiger partial charge in [0.15, 0.2) is 17.2 Å². The summed E-state index contributed by atoms with van der Waals surface area (Å²) in [6.07, 6.45) is 1.31. The van der Waals surface area contributed by atoms with Gasteiger partial charge in [-0.3, -0.25) is 4.79 Å². The molecule has 0 spiro atoms. The molecule has 0 radical (unpaired) electrons. The van der Waals surface area contributed by atoms with Gasteiger partial charge in [-0.15, -0.1) is 10.2 Å². The second-order valence-corrected chi connectivity index (χ2v) is 7.70. The molecule has 11 heteroatoms. The Morgan fingerprint density at radius 1 is 1.26 bits per heavy atom. The lowest BCUT2D eigenvalue weighted by Crippen LogP contribution is -2.41. The molecule has 0 saturated heterocycles. The highest BCUT2D eigenvalue weighted by Gasteiger charge is 2.22. The minimum Gasteiger partial charge on any atom is -0.385 e. The number of aryl methyl sites for hydroxylation is 1. The molecule has 0 fully saturated rings. The minimum atomic E-state index is -0.269. The van der Waals surface area contributed by atoms with Gasteiger partial charge in [0.05, 0.1) is 41.8 Å². The summed E-state index contributed by atoms with van der Waals surface area (Å²) in [6, 6.07) is 5.61. The Morgan fingerprint density at radius 3 is 2.90 bits per heavy atom. The smallest absolute Gasteiger partial charge is 0.271 e. The van der Waals surface area contributed by atoms with E-state index in [-0.39, 0.29) is 18.1 Å². The highest BCUT2D eigenvalue weighted by Crippen LogP contribution is 2.29. The third-order valence-corrected chi connectivity index (χ3v) is 5.59. The average molecular weight is 421 g/mol. The van der Waals surface area contributed by atoms with Crippen LogP contribution in [0.15, 0.2) is 24.4 Å². The van der Waals surface area contributed by atoms with Gasteiger partial charge in [-0.05, 0) is 31.5 Å². The molecule has 4 bridgehead atoms. The molecule has 4 aromatic rings. The number of hydrogen-bond acceptors (Lipinski definition) is 8. The lowest BCUT2D eigenvalue weighted by Gasteiger charge is -2.22. The van der Waals surface area contributed by atoms with Gasteiger partial charge in [-0.25, -0.2) is 14.2 Å². The fraction of sp³-hybridized carbons (Fsp3) is 0.350. The third kappa shape index (κ3) is 3.22. The van der Waals surface area contributed by atoms with Gasteiger partial charge < -0.3 is 20.7 Å². The van der Waals surface area contributed by atoms with Crippen LogP contribution in [0.1, 0.15) is 29.9 Å². The summed E-state index contributed by atoms with van der Waals surface area (Å²) in [4.78, 5) is 17.3. The largest absolute Gasteiger partial charge is 0.385 e. The van der Waals surface area contributed by atoms with E-state index in [9.17, 15) is 4.79 Å². The lowest BCUT2D eigenvalue weighted by molar-refractivity contribution is 0.0302. The van der Waals surface area contributed by atoms with Gasteiger partial charge >= 0.3 is 0 Å². The fourth-order valence-electron chi connectivity index (χ4n) is 3.64. The van der Waals surface area contributed by atoms with Crippen molar-refractivity contribution >= 4 is 39.8 Å². The van der Waals surface area contributed by atoms with Crippen molar-refractivity contribution in [3.05, 3.63) is 35.7 Å². The Bertz CT molecular complexity index is 1310. The Morgan fingerprint density at radius 2 is 2.10 bits per heavy atom. The summed E-state index contributed by atoms with van der Waals surface area (Å²) in [5.74, 6) is 0.265. The number of anilines is 3. The summed E-state index contributed by atoms with van der Waals surface area (Å²) < 4.78 is 9.31. The van der Waals surface area contributed by atoms with Crippen molar-refractivity contribution in [3.8, 4) is 0 Å². The quantitative estimate of drug-likeness (QED) is 0.425. The van der Waals surface area contributed by atoms with Crippen LogP contribution >= 0.6 is 0 Å². The van der Waals surface area contributed by atoms with Crippen molar-refractivity contribution in [3.63, 3.8) is 0 Å². The Balaban J connectivity index is 1.73. The van der Waals surface area contributed by atoms with Crippen LogP contribution in [-0.4, -0.2) is 54.7 Å². The maximum Gasteiger partial charge on any atom is 0.271 e. The van der Waals surface area contributed by atoms with E-state index < -0.39 is 0 Å². The first kappa shape index (κ1) is 19.2. The molecule has 160 valence electrons. The standard InChI is InChI=1S/C20H23N9O2/c1-10-11(2)31-9-12-5-13(18-15(6-12)28(4)27-25-18)24-17-7-14(21-3)19-22-8-16(20(30)23-10)29(19)26-17/h5-8,10-11,21H,9H2,1-4H3,(H,23,30)(H,24,26)/t10-,11?/m1/s1. The van der Waals surface area contributed by atoms with Crippen molar-refractivity contribution < 1.29 is 9.53 Å². The van der Waals surface area contributed by atoms with E-state index in [1.165, 1.54) is 10.7 Å². The summed E-state index contributed by atoms with van der Waals surface area (Å²) in [5, 5.41) is 22.5. The molecule has 5 rings (SSSR count). The maximum absolute atomic E-state index is 12.9. The molecule has 1 aliphatic rings. The zero-order chi connectivity index (χ0) is 21.7. The zero-order valence-corrected chi connectivity index (χ0v) is 17.7. The van der Waals surface area contributed by atoms with Crippen LogP contribution < -0.4 is 16.0 Å². The van der Waals surface area contributed by atoms with Crippen LogP contribution in [-0.2, 0) is 18.4 Å². The number of carbonyl (C=O) groups excluding carboxylic acids is 1. The number of hydrogen-bond donors (Lipinski definition) is 3. The molecule has 3 N–H and O–H groups in total. The first-order chi connectivity index (χ1) is 14.9. The number of fused-ring (bicyclic) bond motifs is 5. The number of aromatic nitrogens is 6. The van der Waals surface area contributed by atoms with Crippen molar-refractivity contribution in [1.82, 2.24) is 34.9 Å². The van der Waals surface area contributed by atoms with Gasteiger partial charge in [0, 0.05) is 20.2 Å². The number of imidazole rings is 1. The molecule has 1 amide bonds. The fourth-order valence-corrected chi connectivity index (χ4v) is 3.64. The number of nitrogens with one attached hydrogen (secondary N) is 3. The van der Waals surface area contributed by atoms with Crippen molar-refractivity contribution in [1.29, 1.82) is 0 Å². The first-order valence-electron chi connectivity index (χ1n) is 10.0. The van der Waals surface area contributed by atoms with E-state index in [1.807, 2.05) is 39.1 Å². The molecule has 31 heavy (non-hydrogen) atoms. The molecule has 11 nitrogen and oxygen atoms in total. The van der Waals surface area contributed by atoms with E-state index in [4.69, 9.17) is 4.74 Å². The van der Waals surface area contributed by atoms with Gasteiger partial charge in [0.25, 0.3) is 5.91 Å². The number of ether oxygens (including phenoxy) is 1. The second-order valence-electron chi connectivity index (χ2n) is 7.70. The van der Waals surface area contributed by atoms with Gasteiger partial charge in [0.1, 0.15) is 5.52 Å². The van der Waals surface area contributed by atoms with Gasteiger partial charge in [-0.2, -0.15) is 0 Å². The van der Waals surface area contributed by atoms with Crippen molar-refractivity contribution in [2.45, 2.75) is 32.6 Å². The predicted molar refractivity (Wildman–Crippen MR) is 116 cm³/mol. The van der Waals surface area contributed by atoms with Crippen LogP contribution in [0.5, 0.6) is 0 Å². The summed E-state index contributed by atoms with van der Waals surface area (Å²) >= 11 is 0. The maximum atomic E-state index is 12.9. The summed E-state index contributed by atoms with van der Waals surface area (Å²) in [5.41, 5.74) is 4.94. The third-order valence-electron chi connectivity index (χ3n) is 5.59. The zero-order valence-electron chi connectivity index (χ0n) is 17.7. The van der Waals surface area contributed by atoms with E-state index in [1.54, 1.807) is 11.7 Å². The predicted octanol–water partition coefficient (Wildman–Crippen LogP) is 1.83. The Hall–Kier alpha value is -3.73. The molecule has 1 aromatic carbocycles. The van der Waals surface area contributed by atoms with E-state index in [0.717, 1.165) is 28.0 Å². The van der Waals surface area contributed by atoms with Gasteiger partial charge in [0.2, 0.25) is 0 Å². The number of amides is 1. The molecule has 4 heterocycles. The molecule has 1 unspecified atom stereocenters. The normalized spacial score (nSPS) is 19.3. The van der Waals surface area contributed by atoms with E-state index in [2.05, 4.69) is 36.3 Å². The van der Waals surface area contributed by atoms with Crippen molar-refractivity contribution in [2.75, 3.05) is 17.7 Å². The average Bonchev–Trinajstić information content (AvgIpc) is 3.35.